The maximum atomic E-state index is 3.55. The van der Waals surface area contributed by atoms with Gasteiger partial charge in [-0.2, -0.15) is 0 Å². The molecule has 0 saturated carbocycles. The summed E-state index contributed by atoms with van der Waals surface area (Å²) in [6, 6.07) is 9.69. The van der Waals surface area contributed by atoms with Crippen LogP contribution in [0.3, 0.4) is 0 Å². The summed E-state index contributed by atoms with van der Waals surface area (Å²) >= 11 is 0. The first kappa shape index (κ1) is 9.72. The monoisotopic (exact) mass is 189 g/mol. The molecule has 0 spiro atoms. The molecule has 1 heterocycles. The fourth-order valence-corrected chi connectivity index (χ4v) is 2.12. The molecule has 1 saturated heterocycles. The van der Waals surface area contributed by atoms with Crippen molar-refractivity contribution >= 4 is 0 Å². The highest BCUT2D eigenvalue weighted by molar-refractivity contribution is 5.25. The van der Waals surface area contributed by atoms with Gasteiger partial charge in [-0.15, -0.1) is 0 Å². The van der Waals surface area contributed by atoms with Gasteiger partial charge in [-0.05, 0) is 38.2 Å². The minimum atomic E-state index is 0.705. The number of nitrogens with one attached hydrogen (secondary N) is 1. The molecule has 1 aromatic carbocycles. The Hall–Kier alpha value is -0.820. The number of rotatable bonds is 1. The minimum Gasteiger partial charge on any atom is -0.314 e. The highest BCUT2D eigenvalue weighted by Crippen LogP contribution is 2.25. The van der Waals surface area contributed by atoms with Crippen molar-refractivity contribution in [3.05, 3.63) is 35.4 Å². The van der Waals surface area contributed by atoms with Crippen LogP contribution in [0, 0.1) is 6.92 Å². The van der Waals surface area contributed by atoms with Crippen LogP contribution in [-0.2, 0) is 0 Å². The van der Waals surface area contributed by atoms with Gasteiger partial charge in [0.1, 0.15) is 0 Å². The Labute approximate surface area is 86.5 Å². The van der Waals surface area contributed by atoms with E-state index in [4.69, 9.17) is 0 Å². The van der Waals surface area contributed by atoms with Gasteiger partial charge in [0.05, 0.1) is 0 Å². The molecular weight excluding hydrogens is 170 g/mol. The van der Waals surface area contributed by atoms with Crippen molar-refractivity contribution in [1.82, 2.24) is 5.32 Å². The standard InChI is InChI=1S/C13H19N/c1-10-3-6-12(7-4-10)13-8-5-11(2)14-9-13/h3-4,6-7,11,13-14H,5,8-9H2,1-2H3. The van der Waals surface area contributed by atoms with Crippen LogP contribution in [-0.4, -0.2) is 12.6 Å². The Balaban J connectivity index is 2.05. The van der Waals surface area contributed by atoms with Crippen LogP contribution < -0.4 is 5.32 Å². The highest BCUT2D eigenvalue weighted by Gasteiger charge is 2.18. The van der Waals surface area contributed by atoms with Crippen LogP contribution in [0.1, 0.15) is 36.8 Å². The predicted molar refractivity (Wildman–Crippen MR) is 60.6 cm³/mol. The van der Waals surface area contributed by atoms with E-state index in [0.717, 1.165) is 12.5 Å². The first-order chi connectivity index (χ1) is 6.75. The van der Waals surface area contributed by atoms with Gasteiger partial charge in [0, 0.05) is 12.6 Å². The van der Waals surface area contributed by atoms with E-state index in [9.17, 15) is 0 Å². The van der Waals surface area contributed by atoms with Crippen LogP contribution in [0.5, 0.6) is 0 Å². The SMILES string of the molecule is Cc1ccc(C2CCC(C)NC2)cc1. The number of hydrogen-bond donors (Lipinski definition) is 1. The third-order valence-electron chi connectivity index (χ3n) is 3.21. The molecule has 1 aromatic rings. The Morgan fingerprint density at radius 2 is 1.86 bits per heavy atom. The summed E-state index contributed by atoms with van der Waals surface area (Å²) in [5, 5.41) is 3.55. The average Bonchev–Trinajstić information content (AvgIpc) is 2.21. The van der Waals surface area contributed by atoms with E-state index in [1.807, 2.05) is 0 Å². The Morgan fingerprint density at radius 3 is 2.43 bits per heavy atom. The molecule has 14 heavy (non-hydrogen) atoms. The number of hydrogen-bond acceptors (Lipinski definition) is 1. The molecule has 1 nitrogen and oxygen atoms in total. The lowest BCUT2D eigenvalue weighted by atomic mass is 9.89. The second-order valence-electron chi connectivity index (χ2n) is 4.49. The first-order valence-corrected chi connectivity index (χ1v) is 5.55. The lowest BCUT2D eigenvalue weighted by molar-refractivity contribution is 0.385. The first-order valence-electron chi connectivity index (χ1n) is 5.55. The zero-order valence-corrected chi connectivity index (χ0v) is 9.09. The van der Waals surface area contributed by atoms with Gasteiger partial charge < -0.3 is 5.32 Å². The van der Waals surface area contributed by atoms with Crippen LogP contribution in [0.15, 0.2) is 24.3 Å². The maximum Gasteiger partial charge on any atom is 0.00391 e. The molecule has 0 bridgehead atoms. The smallest absolute Gasteiger partial charge is 0.00391 e. The van der Waals surface area contributed by atoms with Crippen molar-refractivity contribution in [2.45, 2.75) is 38.6 Å². The molecule has 0 radical (unpaired) electrons. The normalized spacial score (nSPS) is 27.6. The highest BCUT2D eigenvalue weighted by atomic mass is 14.9. The van der Waals surface area contributed by atoms with E-state index >= 15 is 0 Å². The molecule has 0 aliphatic carbocycles. The van der Waals surface area contributed by atoms with Crippen LogP contribution in [0.2, 0.25) is 0 Å². The summed E-state index contributed by atoms with van der Waals surface area (Å²) in [7, 11) is 0. The largest absolute Gasteiger partial charge is 0.314 e. The summed E-state index contributed by atoms with van der Waals surface area (Å²) < 4.78 is 0. The van der Waals surface area contributed by atoms with Crippen molar-refractivity contribution in [1.29, 1.82) is 0 Å². The van der Waals surface area contributed by atoms with Gasteiger partial charge in [-0.25, -0.2) is 0 Å². The number of benzene rings is 1. The van der Waals surface area contributed by atoms with E-state index in [1.54, 1.807) is 0 Å². The molecule has 1 aliphatic heterocycles. The third kappa shape index (κ3) is 2.16. The second-order valence-corrected chi connectivity index (χ2v) is 4.49. The summed E-state index contributed by atoms with van der Waals surface area (Å²) in [6.45, 7) is 5.56. The fourth-order valence-electron chi connectivity index (χ4n) is 2.12. The van der Waals surface area contributed by atoms with E-state index in [2.05, 4.69) is 43.4 Å². The van der Waals surface area contributed by atoms with Crippen molar-refractivity contribution in [2.75, 3.05) is 6.54 Å². The van der Waals surface area contributed by atoms with Crippen LogP contribution in [0.25, 0.3) is 0 Å². The Kier molecular flexibility index (Phi) is 2.87. The molecule has 2 rings (SSSR count). The summed E-state index contributed by atoms with van der Waals surface area (Å²) in [5.74, 6) is 0.729. The van der Waals surface area contributed by atoms with Gasteiger partial charge >= 0.3 is 0 Å². The van der Waals surface area contributed by atoms with E-state index in [1.165, 1.54) is 24.0 Å². The molecule has 76 valence electrons. The third-order valence-corrected chi connectivity index (χ3v) is 3.21. The van der Waals surface area contributed by atoms with Gasteiger partial charge in [-0.1, -0.05) is 29.8 Å². The van der Waals surface area contributed by atoms with Gasteiger partial charge in [-0.3, -0.25) is 0 Å². The summed E-state index contributed by atoms with van der Waals surface area (Å²) in [5.41, 5.74) is 2.85. The van der Waals surface area contributed by atoms with Crippen molar-refractivity contribution in [2.24, 2.45) is 0 Å². The zero-order valence-electron chi connectivity index (χ0n) is 9.09. The molecule has 1 fully saturated rings. The maximum absolute atomic E-state index is 3.55. The molecule has 2 unspecified atom stereocenters. The molecule has 1 aliphatic rings. The van der Waals surface area contributed by atoms with E-state index < -0.39 is 0 Å². The summed E-state index contributed by atoms with van der Waals surface area (Å²) in [4.78, 5) is 0. The van der Waals surface area contributed by atoms with E-state index in [-0.39, 0.29) is 0 Å². The van der Waals surface area contributed by atoms with Crippen LogP contribution in [0.4, 0.5) is 0 Å². The summed E-state index contributed by atoms with van der Waals surface area (Å²) in [6.07, 6.45) is 2.63. The number of piperidine rings is 1. The van der Waals surface area contributed by atoms with E-state index in [0.29, 0.717) is 6.04 Å². The molecule has 1 heteroatoms. The fraction of sp³-hybridized carbons (Fsp3) is 0.538. The predicted octanol–water partition coefficient (Wildman–Crippen LogP) is 2.85. The van der Waals surface area contributed by atoms with Crippen molar-refractivity contribution < 1.29 is 0 Å². The van der Waals surface area contributed by atoms with Crippen molar-refractivity contribution in [3.8, 4) is 0 Å². The Morgan fingerprint density at radius 1 is 1.14 bits per heavy atom. The minimum absolute atomic E-state index is 0.705. The molecule has 0 amide bonds. The quantitative estimate of drug-likeness (QED) is 0.716. The second kappa shape index (κ2) is 4.14. The lowest BCUT2D eigenvalue weighted by Gasteiger charge is -2.27. The molecule has 1 N–H and O–H groups in total. The molecule has 2 atom stereocenters. The molecule has 0 aromatic heterocycles. The van der Waals surface area contributed by atoms with Crippen molar-refractivity contribution in [3.63, 3.8) is 0 Å². The lowest BCUT2D eigenvalue weighted by Crippen LogP contribution is -2.35. The van der Waals surface area contributed by atoms with Crippen LogP contribution >= 0.6 is 0 Å². The topological polar surface area (TPSA) is 12.0 Å². The average molecular weight is 189 g/mol. The van der Waals surface area contributed by atoms with Gasteiger partial charge in [0.2, 0.25) is 0 Å². The Bertz CT molecular complexity index is 281. The number of aryl methyl sites for hydroxylation is 1. The molecular formula is C13H19N. The van der Waals surface area contributed by atoms with Gasteiger partial charge in [0.25, 0.3) is 0 Å². The zero-order chi connectivity index (χ0) is 9.97. The van der Waals surface area contributed by atoms with Gasteiger partial charge in [0.15, 0.2) is 0 Å².